The second-order valence-corrected chi connectivity index (χ2v) is 6.68. The molecule has 3 aliphatic carbocycles. The highest BCUT2D eigenvalue weighted by Crippen LogP contribution is 2.76. The highest BCUT2D eigenvalue weighted by atomic mass is 16.1. The molecule has 2 fully saturated rings. The topological polar surface area (TPSA) is 34.1 Å². The van der Waals surface area contributed by atoms with Gasteiger partial charge in [-0.1, -0.05) is 26.8 Å². The van der Waals surface area contributed by atoms with Gasteiger partial charge in [0.1, 0.15) is 12.1 Å². The minimum atomic E-state index is -0.268. The van der Waals surface area contributed by atoms with E-state index in [1.54, 1.807) is 0 Å². The Labute approximate surface area is 102 Å². The lowest BCUT2D eigenvalue weighted by Crippen LogP contribution is -2.46. The number of allylic oxidation sites excluding steroid dienone is 2. The Morgan fingerprint density at radius 2 is 2.06 bits per heavy atom. The first-order chi connectivity index (χ1) is 7.92. The summed E-state index contributed by atoms with van der Waals surface area (Å²) in [5.41, 5.74) is 0.366. The Morgan fingerprint density at radius 3 is 2.71 bits per heavy atom. The third-order valence-corrected chi connectivity index (χ3v) is 6.04. The van der Waals surface area contributed by atoms with E-state index in [-0.39, 0.29) is 16.2 Å². The van der Waals surface area contributed by atoms with E-state index in [1.165, 1.54) is 0 Å². The number of carbonyl (C=O) groups excluding carboxylic acids is 2. The molecule has 2 nitrogen and oxygen atoms in total. The SMILES string of the molecule is CC1CCC23C(=O)CCC12C(C=O)=CC3(C)C. The van der Waals surface area contributed by atoms with Gasteiger partial charge in [-0.15, -0.1) is 0 Å². The number of aldehydes is 1. The van der Waals surface area contributed by atoms with Gasteiger partial charge in [0.05, 0.1) is 0 Å². The third kappa shape index (κ3) is 0.882. The van der Waals surface area contributed by atoms with E-state index in [2.05, 4.69) is 26.8 Å². The van der Waals surface area contributed by atoms with Crippen molar-refractivity contribution < 1.29 is 9.59 Å². The molecule has 2 saturated carbocycles. The number of Topliss-reactive ketones (excluding diaryl/α,β-unsaturated/α-hetero) is 1. The highest BCUT2D eigenvalue weighted by molar-refractivity contribution is 5.95. The average molecular weight is 232 g/mol. The molecule has 0 N–H and O–H groups in total. The molecule has 0 bridgehead atoms. The van der Waals surface area contributed by atoms with Crippen molar-refractivity contribution in [3.63, 3.8) is 0 Å². The Balaban J connectivity index is 2.31. The third-order valence-electron chi connectivity index (χ3n) is 6.04. The Hall–Kier alpha value is -0.920. The van der Waals surface area contributed by atoms with Gasteiger partial charge in [0.15, 0.2) is 0 Å². The first kappa shape index (κ1) is 11.2. The predicted octanol–water partition coefficient (Wildman–Crippen LogP) is 2.92. The fourth-order valence-corrected chi connectivity index (χ4v) is 5.41. The minimum Gasteiger partial charge on any atom is -0.299 e. The largest absolute Gasteiger partial charge is 0.299 e. The van der Waals surface area contributed by atoms with Crippen LogP contribution in [0.25, 0.3) is 0 Å². The van der Waals surface area contributed by atoms with E-state index < -0.39 is 0 Å². The van der Waals surface area contributed by atoms with Crippen molar-refractivity contribution in [2.75, 3.05) is 0 Å². The standard InChI is InChI=1S/C15H20O2/c1-10-4-7-15-12(17)5-6-14(10,15)11(9-16)8-13(15,2)3/h8-10H,4-7H2,1-3H3. The molecule has 0 aliphatic heterocycles. The summed E-state index contributed by atoms with van der Waals surface area (Å²) >= 11 is 0. The van der Waals surface area contributed by atoms with Crippen LogP contribution in [0.15, 0.2) is 11.6 Å². The molecule has 0 radical (unpaired) electrons. The first-order valence-electron chi connectivity index (χ1n) is 6.64. The molecule has 0 aromatic heterocycles. The van der Waals surface area contributed by atoms with Crippen molar-refractivity contribution in [2.45, 2.75) is 46.5 Å². The van der Waals surface area contributed by atoms with Gasteiger partial charge in [-0.25, -0.2) is 0 Å². The maximum Gasteiger partial charge on any atom is 0.146 e. The Morgan fingerprint density at radius 1 is 1.35 bits per heavy atom. The molecule has 0 saturated heterocycles. The molecule has 3 aliphatic rings. The number of rotatable bonds is 1. The molecule has 3 unspecified atom stereocenters. The zero-order valence-electron chi connectivity index (χ0n) is 10.9. The second-order valence-electron chi connectivity index (χ2n) is 6.68. The fraction of sp³-hybridized carbons (Fsp3) is 0.733. The van der Waals surface area contributed by atoms with Gasteiger partial charge < -0.3 is 0 Å². The number of hydrogen-bond acceptors (Lipinski definition) is 2. The summed E-state index contributed by atoms with van der Waals surface area (Å²) in [4.78, 5) is 24.0. The monoisotopic (exact) mass is 232 g/mol. The summed E-state index contributed by atoms with van der Waals surface area (Å²) in [6.07, 6.45) is 6.71. The number of ketones is 1. The average Bonchev–Trinajstić information content (AvgIpc) is 2.80. The van der Waals surface area contributed by atoms with Crippen LogP contribution in [0.2, 0.25) is 0 Å². The summed E-state index contributed by atoms with van der Waals surface area (Å²) in [5, 5.41) is 0. The molecular formula is C15H20O2. The summed E-state index contributed by atoms with van der Waals surface area (Å²) in [6, 6.07) is 0. The van der Waals surface area contributed by atoms with Crippen molar-refractivity contribution in [3.8, 4) is 0 Å². The predicted molar refractivity (Wildman–Crippen MR) is 65.4 cm³/mol. The van der Waals surface area contributed by atoms with E-state index in [1.807, 2.05) is 0 Å². The molecule has 2 heteroatoms. The molecule has 0 aromatic carbocycles. The van der Waals surface area contributed by atoms with E-state index in [0.717, 1.165) is 31.1 Å². The van der Waals surface area contributed by atoms with Gasteiger partial charge in [-0.05, 0) is 36.2 Å². The highest BCUT2D eigenvalue weighted by Gasteiger charge is 2.74. The van der Waals surface area contributed by atoms with Gasteiger partial charge in [0, 0.05) is 17.3 Å². The molecule has 17 heavy (non-hydrogen) atoms. The first-order valence-corrected chi connectivity index (χ1v) is 6.64. The van der Waals surface area contributed by atoms with Gasteiger partial charge in [0.2, 0.25) is 0 Å². The normalized spacial score (nSPS) is 46.6. The lowest BCUT2D eigenvalue weighted by Gasteiger charge is -2.44. The van der Waals surface area contributed by atoms with E-state index in [4.69, 9.17) is 0 Å². The van der Waals surface area contributed by atoms with Crippen LogP contribution in [0.3, 0.4) is 0 Å². The quantitative estimate of drug-likeness (QED) is 0.651. The molecule has 0 heterocycles. The van der Waals surface area contributed by atoms with E-state index >= 15 is 0 Å². The number of carbonyl (C=O) groups is 2. The summed E-state index contributed by atoms with van der Waals surface area (Å²) in [5.74, 6) is 0.868. The van der Waals surface area contributed by atoms with E-state index in [9.17, 15) is 9.59 Å². The Bertz CT molecular complexity index is 446. The zero-order chi connectivity index (χ0) is 12.5. The van der Waals surface area contributed by atoms with Crippen molar-refractivity contribution in [1.29, 1.82) is 0 Å². The van der Waals surface area contributed by atoms with Gasteiger partial charge in [-0.3, -0.25) is 9.59 Å². The lowest BCUT2D eigenvalue weighted by atomic mass is 9.56. The molecule has 92 valence electrons. The summed E-state index contributed by atoms with van der Waals surface area (Å²) in [6.45, 7) is 6.50. The Kier molecular flexibility index (Phi) is 1.91. The van der Waals surface area contributed by atoms with Crippen LogP contribution in [0.5, 0.6) is 0 Å². The van der Waals surface area contributed by atoms with Crippen LogP contribution < -0.4 is 0 Å². The maximum atomic E-state index is 12.5. The molecule has 0 aromatic rings. The molecule has 3 atom stereocenters. The van der Waals surface area contributed by atoms with Crippen molar-refractivity contribution in [1.82, 2.24) is 0 Å². The molecule has 0 amide bonds. The van der Waals surface area contributed by atoms with Crippen LogP contribution in [-0.4, -0.2) is 12.1 Å². The fourth-order valence-electron chi connectivity index (χ4n) is 5.41. The summed E-state index contributed by atoms with van der Waals surface area (Å²) < 4.78 is 0. The van der Waals surface area contributed by atoms with Crippen LogP contribution >= 0.6 is 0 Å². The van der Waals surface area contributed by atoms with Crippen molar-refractivity contribution in [2.24, 2.45) is 22.2 Å². The smallest absolute Gasteiger partial charge is 0.146 e. The second kappa shape index (κ2) is 2.90. The molecule has 3 rings (SSSR count). The van der Waals surface area contributed by atoms with Gasteiger partial charge in [-0.2, -0.15) is 0 Å². The summed E-state index contributed by atoms with van der Waals surface area (Å²) in [7, 11) is 0. The number of hydrogen-bond donors (Lipinski definition) is 0. The maximum absolute atomic E-state index is 12.5. The lowest BCUT2D eigenvalue weighted by molar-refractivity contribution is -0.133. The van der Waals surface area contributed by atoms with Crippen LogP contribution in [0.1, 0.15) is 46.5 Å². The van der Waals surface area contributed by atoms with Gasteiger partial charge >= 0.3 is 0 Å². The van der Waals surface area contributed by atoms with E-state index in [0.29, 0.717) is 18.1 Å². The van der Waals surface area contributed by atoms with Crippen molar-refractivity contribution in [3.05, 3.63) is 11.6 Å². The zero-order valence-corrected chi connectivity index (χ0v) is 10.9. The molecule has 0 spiro atoms. The van der Waals surface area contributed by atoms with Gasteiger partial charge in [0.25, 0.3) is 0 Å². The van der Waals surface area contributed by atoms with Crippen LogP contribution in [0, 0.1) is 22.2 Å². The molecular weight excluding hydrogens is 212 g/mol. The minimum absolute atomic E-state index is 0.130. The van der Waals surface area contributed by atoms with Crippen LogP contribution in [0.4, 0.5) is 0 Å². The van der Waals surface area contributed by atoms with Crippen molar-refractivity contribution >= 4 is 12.1 Å². The van der Waals surface area contributed by atoms with Crippen LogP contribution in [-0.2, 0) is 9.59 Å².